The van der Waals surface area contributed by atoms with Crippen molar-refractivity contribution in [1.29, 1.82) is 0 Å². The fourth-order valence-electron chi connectivity index (χ4n) is 4.28. The Labute approximate surface area is 163 Å². The topological polar surface area (TPSA) is 57.7 Å². The SMILES string of the molecule is CCOCCNC(=O)[C@H]1CCCN(C2CCN(Cc3cccnc3)CC2)C1. The predicted molar refractivity (Wildman–Crippen MR) is 106 cm³/mol. The summed E-state index contributed by atoms with van der Waals surface area (Å²) in [5.41, 5.74) is 1.29. The Balaban J connectivity index is 1.40. The fraction of sp³-hybridized carbons (Fsp3) is 0.714. The third-order valence-corrected chi connectivity index (χ3v) is 5.78. The third kappa shape index (κ3) is 6.26. The van der Waals surface area contributed by atoms with E-state index in [1.807, 2.05) is 25.4 Å². The molecule has 0 aromatic carbocycles. The Bertz CT molecular complexity index is 561. The zero-order chi connectivity index (χ0) is 18.9. The lowest BCUT2D eigenvalue weighted by atomic mass is 9.93. The van der Waals surface area contributed by atoms with Crippen molar-refractivity contribution in [3.8, 4) is 0 Å². The lowest BCUT2D eigenvalue weighted by Gasteiger charge is -2.42. The Morgan fingerprint density at radius 1 is 1.30 bits per heavy atom. The van der Waals surface area contributed by atoms with E-state index in [0.29, 0.717) is 25.8 Å². The molecule has 27 heavy (non-hydrogen) atoms. The van der Waals surface area contributed by atoms with Crippen molar-refractivity contribution < 1.29 is 9.53 Å². The van der Waals surface area contributed by atoms with Gasteiger partial charge in [-0.15, -0.1) is 0 Å². The average molecular weight is 375 g/mol. The Hall–Kier alpha value is -1.50. The van der Waals surface area contributed by atoms with Crippen LogP contribution in [0.15, 0.2) is 24.5 Å². The summed E-state index contributed by atoms with van der Waals surface area (Å²) in [5, 5.41) is 3.04. The second-order valence-electron chi connectivity index (χ2n) is 7.69. The van der Waals surface area contributed by atoms with Crippen LogP contribution in [0, 0.1) is 5.92 Å². The molecule has 1 atom stereocenters. The van der Waals surface area contributed by atoms with Gasteiger partial charge >= 0.3 is 0 Å². The molecule has 2 aliphatic rings. The van der Waals surface area contributed by atoms with Crippen molar-refractivity contribution in [1.82, 2.24) is 20.1 Å². The molecule has 2 saturated heterocycles. The van der Waals surface area contributed by atoms with E-state index < -0.39 is 0 Å². The van der Waals surface area contributed by atoms with E-state index in [9.17, 15) is 4.79 Å². The number of hydrogen-bond donors (Lipinski definition) is 1. The predicted octanol–water partition coefficient (Wildman–Crippen LogP) is 1.91. The summed E-state index contributed by atoms with van der Waals surface area (Å²) >= 11 is 0. The molecule has 3 heterocycles. The monoisotopic (exact) mass is 374 g/mol. The summed E-state index contributed by atoms with van der Waals surface area (Å²) in [6.07, 6.45) is 8.31. The van der Waals surface area contributed by atoms with Crippen LogP contribution < -0.4 is 5.32 Å². The molecule has 0 spiro atoms. The van der Waals surface area contributed by atoms with Crippen molar-refractivity contribution in [2.24, 2.45) is 5.92 Å². The van der Waals surface area contributed by atoms with E-state index in [0.717, 1.165) is 45.6 Å². The van der Waals surface area contributed by atoms with E-state index >= 15 is 0 Å². The molecule has 150 valence electrons. The number of ether oxygens (including phenoxy) is 1. The Morgan fingerprint density at radius 3 is 2.89 bits per heavy atom. The molecule has 6 heteroatoms. The van der Waals surface area contributed by atoms with Crippen molar-refractivity contribution >= 4 is 5.91 Å². The summed E-state index contributed by atoms with van der Waals surface area (Å²) in [4.78, 5) is 21.7. The molecular formula is C21H34N4O2. The Kier molecular flexibility index (Phi) is 8.05. The van der Waals surface area contributed by atoms with Gasteiger partial charge in [0.05, 0.1) is 12.5 Å². The second kappa shape index (κ2) is 10.7. The van der Waals surface area contributed by atoms with Crippen LogP contribution in [-0.4, -0.2) is 72.7 Å². The Morgan fingerprint density at radius 2 is 2.15 bits per heavy atom. The van der Waals surface area contributed by atoms with Crippen molar-refractivity contribution in [3.63, 3.8) is 0 Å². The summed E-state index contributed by atoms with van der Waals surface area (Å²) in [6, 6.07) is 4.78. The number of piperidine rings is 2. The maximum atomic E-state index is 12.4. The minimum absolute atomic E-state index is 0.133. The van der Waals surface area contributed by atoms with Crippen LogP contribution in [0.2, 0.25) is 0 Å². The molecule has 6 nitrogen and oxygen atoms in total. The summed E-state index contributed by atoms with van der Waals surface area (Å²) in [7, 11) is 0. The van der Waals surface area contributed by atoms with Gasteiger partial charge in [0.25, 0.3) is 0 Å². The molecule has 0 unspecified atom stereocenters. The molecule has 0 saturated carbocycles. The van der Waals surface area contributed by atoms with Gasteiger partial charge in [-0.2, -0.15) is 0 Å². The summed E-state index contributed by atoms with van der Waals surface area (Å²) in [6.45, 7) is 9.19. The minimum Gasteiger partial charge on any atom is -0.380 e. The number of likely N-dealkylation sites (tertiary alicyclic amines) is 2. The van der Waals surface area contributed by atoms with Crippen LogP contribution in [0.25, 0.3) is 0 Å². The number of hydrogen-bond acceptors (Lipinski definition) is 5. The van der Waals surface area contributed by atoms with Crippen LogP contribution in [0.3, 0.4) is 0 Å². The van der Waals surface area contributed by atoms with Crippen molar-refractivity contribution in [2.75, 3.05) is 45.9 Å². The molecule has 1 aromatic heterocycles. The first kappa shape index (κ1) is 20.2. The highest BCUT2D eigenvalue weighted by molar-refractivity contribution is 5.78. The maximum Gasteiger partial charge on any atom is 0.224 e. The third-order valence-electron chi connectivity index (χ3n) is 5.78. The zero-order valence-electron chi connectivity index (χ0n) is 16.6. The smallest absolute Gasteiger partial charge is 0.224 e. The van der Waals surface area contributed by atoms with Gasteiger partial charge in [0.15, 0.2) is 0 Å². The van der Waals surface area contributed by atoms with E-state index in [2.05, 4.69) is 26.2 Å². The van der Waals surface area contributed by atoms with Gasteiger partial charge in [-0.3, -0.25) is 19.6 Å². The minimum atomic E-state index is 0.133. The number of nitrogens with zero attached hydrogens (tertiary/aromatic N) is 3. The molecule has 2 aliphatic heterocycles. The molecule has 3 rings (SSSR count). The number of amides is 1. The highest BCUT2D eigenvalue weighted by Crippen LogP contribution is 2.24. The van der Waals surface area contributed by atoms with Crippen LogP contribution in [-0.2, 0) is 16.1 Å². The highest BCUT2D eigenvalue weighted by atomic mass is 16.5. The molecule has 1 aromatic rings. The van der Waals surface area contributed by atoms with Gasteiger partial charge in [0, 0.05) is 44.7 Å². The average Bonchev–Trinajstić information content (AvgIpc) is 2.72. The number of aromatic nitrogens is 1. The first-order chi connectivity index (χ1) is 13.3. The molecule has 0 bridgehead atoms. The van der Waals surface area contributed by atoms with E-state index in [1.54, 1.807) is 0 Å². The van der Waals surface area contributed by atoms with E-state index in [1.165, 1.54) is 18.4 Å². The standard InChI is InChI=1S/C21H34N4O2/c1-2-27-14-10-23-21(26)19-6-4-11-25(17-19)20-7-12-24(13-8-20)16-18-5-3-9-22-15-18/h3,5,9,15,19-20H,2,4,6-8,10-14,16-17H2,1H3,(H,23,26)/t19-/m0/s1. The van der Waals surface area contributed by atoms with Crippen molar-refractivity contribution in [2.45, 2.75) is 45.2 Å². The van der Waals surface area contributed by atoms with Crippen molar-refractivity contribution in [3.05, 3.63) is 30.1 Å². The molecule has 1 amide bonds. The number of pyridine rings is 1. The van der Waals surface area contributed by atoms with Gasteiger partial charge in [0.2, 0.25) is 5.91 Å². The van der Waals surface area contributed by atoms with Crippen LogP contribution in [0.5, 0.6) is 0 Å². The van der Waals surface area contributed by atoms with Crippen LogP contribution in [0.4, 0.5) is 0 Å². The molecule has 0 radical (unpaired) electrons. The van der Waals surface area contributed by atoms with E-state index in [-0.39, 0.29) is 11.8 Å². The van der Waals surface area contributed by atoms with Gasteiger partial charge < -0.3 is 10.1 Å². The first-order valence-electron chi connectivity index (χ1n) is 10.5. The van der Waals surface area contributed by atoms with Crippen LogP contribution in [0.1, 0.15) is 38.2 Å². The normalized spacial score (nSPS) is 22.6. The number of nitrogens with one attached hydrogen (secondary N) is 1. The van der Waals surface area contributed by atoms with Gasteiger partial charge in [0.1, 0.15) is 0 Å². The largest absolute Gasteiger partial charge is 0.380 e. The quantitative estimate of drug-likeness (QED) is 0.705. The number of carbonyl (C=O) groups excluding carboxylic acids is 1. The maximum absolute atomic E-state index is 12.4. The lowest BCUT2D eigenvalue weighted by molar-refractivity contribution is -0.127. The van der Waals surface area contributed by atoms with Crippen LogP contribution >= 0.6 is 0 Å². The molecule has 1 N–H and O–H groups in total. The summed E-state index contributed by atoms with van der Waals surface area (Å²) < 4.78 is 5.31. The van der Waals surface area contributed by atoms with Gasteiger partial charge in [-0.05, 0) is 63.9 Å². The fourth-order valence-corrected chi connectivity index (χ4v) is 4.28. The number of carbonyl (C=O) groups is 1. The zero-order valence-corrected chi connectivity index (χ0v) is 16.6. The van der Waals surface area contributed by atoms with E-state index in [4.69, 9.17) is 4.74 Å². The summed E-state index contributed by atoms with van der Waals surface area (Å²) in [5.74, 6) is 0.335. The second-order valence-corrected chi connectivity index (χ2v) is 7.69. The van der Waals surface area contributed by atoms with Gasteiger partial charge in [-0.1, -0.05) is 6.07 Å². The molecule has 2 fully saturated rings. The molecule has 0 aliphatic carbocycles. The van der Waals surface area contributed by atoms with Gasteiger partial charge in [-0.25, -0.2) is 0 Å². The first-order valence-corrected chi connectivity index (χ1v) is 10.5. The number of rotatable bonds is 8. The highest BCUT2D eigenvalue weighted by Gasteiger charge is 2.31. The lowest BCUT2D eigenvalue weighted by Crippen LogP contribution is -2.50. The molecular weight excluding hydrogens is 340 g/mol.